The second-order valence-corrected chi connectivity index (χ2v) is 6.00. The summed E-state index contributed by atoms with van der Waals surface area (Å²) in [7, 11) is 0. The van der Waals surface area contributed by atoms with Crippen LogP contribution in [0.25, 0.3) is 0 Å². The maximum Gasteiger partial charge on any atom is 0.202 e. The Morgan fingerprint density at radius 3 is 2.87 bits per heavy atom. The van der Waals surface area contributed by atoms with Crippen molar-refractivity contribution in [2.24, 2.45) is 5.41 Å². The molecule has 0 aliphatic heterocycles. The molecule has 0 unspecified atom stereocenters. The van der Waals surface area contributed by atoms with E-state index in [1.165, 1.54) is 43.6 Å². The van der Waals surface area contributed by atoms with Crippen LogP contribution in [0.15, 0.2) is 0 Å². The molecule has 4 heteroatoms. The summed E-state index contributed by atoms with van der Waals surface area (Å²) in [4.78, 5) is 4.53. The molecule has 0 radical (unpaired) electrons. The van der Waals surface area contributed by atoms with Gasteiger partial charge in [0.15, 0.2) is 0 Å². The molecule has 82 valence electrons. The Morgan fingerprint density at radius 1 is 1.47 bits per heavy atom. The van der Waals surface area contributed by atoms with Crippen LogP contribution in [0.4, 0.5) is 5.13 Å². The normalized spacial score (nSPS) is 23.5. The van der Waals surface area contributed by atoms with Gasteiger partial charge in [-0.15, -0.1) is 0 Å². The first kappa shape index (κ1) is 9.58. The molecule has 3 rings (SSSR count). The number of anilines is 1. The molecule has 0 atom stereocenters. The van der Waals surface area contributed by atoms with Gasteiger partial charge in [-0.3, -0.25) is 0 Å². The fourth-order valence-electron chi connectivity index (χ4n) is 2.06. The average molecular weight is 223 g/mol. The highest BCUT2D eigenvalue weighted by Crippen LogP contribution is 2.41. The fraction of sp³-hybridized carbons (Fsp3) is 0.818. The molecule has 1 heterocycles. The molecule has 15 heavy (non-hydrogen) atoms. The van der Waals surface area contributed by atoms with Gasteiger partial charge < -0.3 is 5.32 Å². The largest absolute Gasteiger partial charge is 0.360 e. The van der Waals surface area contributed by atoms with Gasteiger partial charge in [-0.25, -0.2) is 4.98 Å². The predicted molar refractivity (Wildman–Crippen MR) is 62.3 cm³/mol. The van der Waals surface area contributed by atoms with E-state index in [9.17, 15) is 0 Å². The highest BCUT2D eigenvalue weighted by Gasteiger charge is 2.32. The zero-order valence-corrected chi connectivity index (χ0v) is 9.94. The topological polar surface area (TPSA) is 37.8 Å². The Balaban J connectivity index is 1.56. The number of hydrogen-bond acceptors (Lipinski definition) is 4. The molecule has 3 nitrogen and oxygen atoms in total. The van der Waals surface area contributed by atoms with E-state index in [4.69, 9.17) is 0 Å². The molecule has 0 amide bonds. The van der Waals surface area contributed by atoms with Crippen molar-refractivity contribution in [3.63, 3.8) is 0 Å². The number of nitrogens with one attached hydrogen (secondary N) is 1. The van der Waals surface area contributed by atoms with E-state index in [2.05, 4.69) is 21.6 Å². The van der Waals surface area contributed by atoms with Crippen LogP contribution < -0.4 is 5.32 Å². The lowest BCUT2D eigenvalue weighted by Gasteiger charge is -2.38. The van der Waals surface area contributed by atoms with Crippen LogP contribution in [-0.2, 0) is 0 Å². The highest BCUT2D eigenvalue weighted by molar-refractivity contribution is 7.09. The highest BCUT2D eigenvalue weighted by atomic mass is 32.1. The summed E-state index contributed by atoms with van der Waals surface area (Å²) in [6, 6.07) is 0. The van der Waals surface area contributed by atoms with Crippen LogP contribution in [0.5, 0.6) is 0 Å². The maximum absolute atomic E-state index is 4.53. The van der Waals surface area contributed by atoms with Crippen molar-refractivity contribution in [3.05, 3.63) is 5.82 Å². The number of aromatic nitrogens is 2. The lowest BCUT2D eigenvalue weighted by Crippen LogP contribution is -2.33. The monoisotopic (exact) mass is 223 g/mol. The third-order valence-corrected chi connectivity index (χ3v) is 4.30. The molecule has 2 aliphatic carbocycles. The third kappa shape index (κ3) is 2.00. The average Bonchev–Trinajstić information content (AvgIpc) is 2.93. The van der Waals surface area contributed by atoms with Crippen molar-refractivity contribution >= 4 is 16.7 Å². The van der Waals surface area contributed by atoms with Gasteiger partial charge >= 0.3 is 0 Å². The first-order valence-corrected chi connectivity index (χ1v) is 6.60. The van der Waals surface area contributed by atoms with Crippen LogP contribution in [0.2, 0.25) is 0 Å². The van der Waals surface area contributed by atoms with E-state index in [0.29, 0.717) is 11.3 Å². The molecule has 2 fully saturated rings. The van der Waals surface area contributed by atoms with Crippen LogP contribution in [0.3, 0.4) is 0 Å². The standard InChI is InChI=1S/C11H17N3S/c1-11(5-2-6-11)7-12-10-13-9(14-15-10)8-3-4-8/h8H,2-7H2,1H3,(H,12,13,14). The van der Waals surface area contributed by atoms with Crippen LogP contribution in [0.1, 0.15) is 50.8 Å². The third-order valence-electron chi connectivity index (χ3n) is 3.61. The molecule has 1 aromatic heterocycles. The minimum absolute atomic E-state index is 0.519. The van der Waals surface area contributed by atoms with E-state index in [1.54, 1.807) is 0 Å². The Bertz CT molecular complexity index is 352. The minimum Gasteiger partial charge on any atom is -0.360 e. The summed E-state index contributed by atoms with van der Waals surface area (Å²) in [5, 5.41) is 4.45. The minimum atomic E-state index is 0.519. The molecule has 2 aliphatic rings. The van der Waals surface area contributed by atoms with Crippen molar-refractivity contribution in [2.45, 2.75) is 44.9 Å². The van der Waals surface area contributed by atoms with Crippen LogP contribution >= 0.6 is 11.5 Å². The SMILES string of the molecule is CC1(CNc2nc(C3CC3)ns2)CCC1. The van der Waals surface area contributed by atoms with E-state index < -0.39 is 0 Å². The summed E-state index contributed by atoms with van der Waals surface area (Å²) < 4.78 is 4.39. The molecule has 1 N–H and O–H groups in total. The predicted octanol–water partition coefficient (Wildman–Crippen LogP) is 3.02. The summed E-state index contributed by atoms with van der Waals surface area (Å²) in [6.45, 7) is 3.42. The number of rotatable bonds is 4. The second kappa shape index (κ2) is 3.44. The molecule has 2 saturated carbocycles. The molecule has 0 spiro atoms. The number of nitrogens with zero attached hydrogens (tertiary/aromatic N) is 2. The molecule has 0 saturated heterocycles. The Hall–Kier alpha value is -0.640. The van der Waals surface area contributed by atoms with Gasteiger partial charge in [-0.05, 0) is 31.1 Å². The summed E-state index contributed by atoms with van der Waals surface area (Å²) >= 11 is 1.52. The van der Waals surface area contributed by atoms with Crippen LogP contribution in [0, 0.1) is 5.41 Å². The van der Waals surface area contributed by atoms with Crippen molar-refractivity contribution < 1.29 is 0 Å². The summed E-state index contributed by atoms with van der Waals surface area (Å²) in [5.74, 6) is 1.75. The quantitative estimate of drug-likeness (QED) is 0.852. The summed E-state index contributed by atoms with van der Waals surface area (Å²) in [5.41, 5.74) is 0.519. The fourth-order valence-corrected chi connectivity index (χ4v) is 2.70. The van der Waals surface area contributed by atoms with Gasteiger partial charge in [0.1, 0.15) is 5.82 Å². The van der Waals surface area contributed by atoms with Gasteiger partial charge in [-0.2, -0.15) is 4.37 Å². The lowest BCUT2D eigenvalue weighted by atomic mass is 9.70. The van der Waals surface area contributed by atoms with Crippen molar-refractivity contribution in [1.29, 1.82) is 0 Å². The van der Waals surface area contributed by atoms with E-state index in [0.717, 1.165) is 17.5 Å². The van der Waals surface area contributed by atoms with E-state index >= 15 is 0 Å². The second-order valence-electron chi connectivity index (χ2n) is 5.25. The van der Waals surface area contributed by atoms with E-state index in [1.807, 2.05) is 0 Å². The molecule has 1 aromatic rings. The van der Waals surface area contributed by atoms with Crippen molar-refractivity contribution in [1.82, 2.24) is 9.36 Å². The van der Waals surface area contributed by atoms with Crippen LogP contribution in [-0.4, -0.2) is 15.9 Å². The Kier molecular flexibility index (Phi) is 2.20. The summed E-state index contributed by atoms with van der Waals surface area (Å²) in [6.07, 6.45) is 6.67. The van der Waals surface area contributed by atoms with Gasteiger partial charge in [0.2, 0.25) is 5.13 Å². The Morgan fingerprint density at radius 2 is 2.27 bits per heavy atom. The van der Waals surface area contributed by atoms with Gasteiger partial charge in [-0.1, -0.05) is 13.3 Å². The van der Waals surface area contributed by atoms with E-state index in [-0.39, 0.29) is 0 Å². The molecular weight excluding hydrogens is 206 g/mol. The number of hydrogen-bond donors (Lipinski definition) is 1. The zero-order chi connectivity index (χ0) is 10.3. The molecule has 0 aromatic carbocycles. The molecular formula is C11H17N3S. The van der Waals surface area contributed by atoms with Crippen molar-refractivity contribution in [2.75, 3.05) is 11.9 Å². The van der Waals surface area contributed by atoms with Gasteiger partial charge in [0.05, 0.1) is 0 Å². The lowest BCUT2D eigenvalue weighted by molar-refractivity contribution is 0.180. The van der Waals surface area contributed by atoms with Gasteiger partial charge in [0, 0.05) is 24.0 Å². The maximum atomic E-state index is 4.53. The molecule has 0 bridgehead atoms. The first-order chi connectivity index (χ1) is 7.25. The zero-order valence-electron chi connectivity index (χ0n) is 9.12. The van der Waals surface area contributed by atoms with Crippen molar-refractivity contribution in [3.8, 4) is 0 Å². The Labute approximate surface area is 94.5 Å². The first-order valence-electron chi connectivity index (χ1n) is 5.83. The van der Waals surface area contributed by atoms with Gasteiger partial charge in [0.25, 0.3) is 0 Å². The smallest absolute Gasteiger partial charge is 0.202 e.